The molecule has 1 aromatic rings. The minimum Gasteiger partial charge on any atom is -0.485 e. The van der Waals surface area contributed by atoms with Crippen LogP contribution in [0.15, 0.2) is 6.07 Å². The number of benzene rings is 1. The Labute approximate surface area is 177 Å². The van der Waals surface area contributed by atoms with Gasteiger partial charge in [-0.15, -0.1) is 0 Å². The zero-order valence-electron chi connectivity index (χ0n) is 17.0. The summed E-state index contributed by atoms with van der Waals surface area (Å²) in [5.41, 5.74) is 12.0. The van der Waals surface area contributed by atoms with Crippen LogP contribution in [0, 0.1) is 11.8 Å². The molecule has 1 amide bonds. The van der Waals surface area contributed by atoms with Gasteiger partial charge in [0.2, 0.25) is 0 Å². The highest BCUT2D eigenvalue weighted by Crippen LogP contribution is 2.45. The van der Waals surface area contributed by atoms with Crippen molar-refractivity contribution < 1.29 is 14.3 Å². The average molecular weight is 422 g/mol. The van der Waals surface area contributed by atoms with E-state index in [1.165, 1.54) is 70.6 Å². The van der Waals surface area contributed by atoms with Gasteiger partial charge in [0.25, 0.3) is 5.91 Å². The van der Waals surface area contributed by atoms with Crippen LogP contribution in [0.2, 0.25) is 5.02 Å². The van der Waals surface area contributed by atoms with Crippen LogP contribution >= 0.6 is 11.6 Å². The Morgan fingerprint density at radius 2 is 1.83 bits per heavy atom. The van der Waals surface area contributed by atoms with E-state index in [0.717, 1.165) is 12.3 Å². The number of anilines is 1. The normalized spacial score (nSPS) is 23.8. The van der Waals surface area contributed by atoms with Gasteiger partial charge in [0.05, 0.1) is 16.3 Å². The number of rotatable bonds is 5. The number of carbonyl (C=O) groups excluding carboxylic acids is 1. The monoisotopic (exact) mass is 421 g/mol. The number of piperidine rings is 1. The predicted octanol–water partition coefficient (Wildman–Crippen LogP) is 3.84. The first-order chi connectivity index (χ1) is 14.0. The molecule has 29 heavy (non-hydrogen) atoms. The maximum atomic E-state index is 11.7. The lowest BCUT2D eigenvalue weighted by molar-refractivity contribution is 0.0561. The molecule has 0 aromatic heterocycles. The molecule has 1 atom stereocenters. The second kappa shape index (κ2) is 9.00. The quantitative estimate of drug-likeness (QED) is 0.704. The van der Waals surface area contributed by atoms with Gasteiger partial charge >= 0.3 is 0 Å². The lowest BCUT2D eigenvalue weighted by Gasteiger charge is -2.37. The van der Waals surface area contributed by atoms with Crippen molar-refractivity contribution in [2.45, 2.75) is 57.5 Å². The molecule has 2 fully saturated rings. The summed E-state index contributed by atoms with van der Waals surface area (Å²) in [5, 5.41) is 0.262. The number of hydrogen-bond acceptors (Lipinski definition) is 5. The number of carbonyl (C=O) groups is 1. The second-order valence-electron chi connectivity index (χ2n) is 8.88. The molecule has 4 rings (SSSR count). The van der Waals surface area contributed by atoms with Crippen molar-refractivity contribution >= 4 is 23.2 Å². The SMILES string of the molecule is NC(=O)c1cc(Cl)c(N)c2c1OCC(CC1CCN(CC3CCCCC3)CC1)O2. The van der Waals surface area contributed by atoms with Gasteiger partial charge in [0.15, 0.2) is 11.5 Å². The topological polar surface area (TPSA) is 90.8 Å². The first-order valence-electron chi connectivity index (χ1n) is 10.9. The van der Waals surface area contributed by atoms with Gasteiger partial charge in [-0.2, -0.15) is 0 Å². The third-order valence-electron chi connectivity index (χ3n) is 6.73. The molecule has 0 bridgehead atoms. The third kappa shape index (κ3) is 4.75. The summed E-state index contributed by atoms with van der Waals surface area (Å²) in [6.45, 7) is 4.01. The Morgan fingerprint density at radius 1 is 1.10 bits per heavy atom. The fourth-order valence-electron chi connectivity index (χ4n) is 5.07. The Hall–Kier alpha value is -1.66. The summed E-state index contributed by atoms with van der Waals surface area (Å²) in [5.74, 6) is 1.59. The summed E-state index contributed by atoms with van der Waals surface area (Å²) < 4.78 is 12.0. The van der Waals surface area contributed by atoms with E-state index in [1.807, 2.05) is 0 Å². The molecule has 1 aliphatic carbocycles. The van der Waals surface area contributed by atoms with E-state index in [2.05, 4.69) is 4.90 Å². The number of primary amides is 1. The molecule has 0 radical (unpaired) electrons. The molecule has 1 aromatic carbocycles. The van der Waals surface area contributed by atoms with E-state index < -0.39 is 5.91 Å². The van der Waals surface area contributed by atoms with Crippen LogP contribution in [0.25, 0.3) is 0 Å². The molecular formula is C22H32ClN3O3. The van der Waals surface area contributed by atoms with Gasteiger partial charge in [-0.05, 0) is 63.1 Å². The van der Waals surface area contributed by atoms with Gasteiger partial charge in [-0.1, -0.05) is 30.9 Å². The average Bonchev–Trinajstić information content (AvgIpc) is 2.73. The molecule has 160 valence electrons. The summed E-state index contributed by atoms with van der Waals surface area (Å²) in [4.78, 5) is 14.3. The molecule has 6 nitrogen and oxygen atoms in total. The van der Waals surface area contributed by atoms with Crippen molar-refractivity contribution in [1.82, 2.24) is 4.90 Å². The fraction of sp³-hybridized carbons (Fsp3) is 0.682. The fourth-order valence-corrected chi connectivity index (χ4v) is 5.27. The lowest BCUT2D eigenvalue weighted by Crippen LogP contribution is -2.40. The van der Waals surface area contributed by atoms with Crippen molar-refractivity contribution in [3.8, 4) is 11.5 Å². The Morgan fingerprint density at radius 3 is 2.52 bits per heavy atom. The van der Waals surface area contributed by atoms with Gasteiger partial charge in [0.1, 0.15) is 12.7 Å². The Bertz CT molecular complexity index is 743. The first kappa shape index (κ1) is 20.6. The summed E-state index contributed by atoms with van der Waals surface area (Å²) in [6.07, 6.45) is 10.3. The van der Waals surface area contributed by atoms with Crippen molar-refractivity contribution in [3.05, 3.63) is 16.7 Å². The van der Waals surface area contributed by atoms with E-state index >= 15 is 0 Å². The summed E-state index contributed by atoms with van der Waals surface area (Å²) in [6, 6.07) is 1.45. The van der Waals surface area contributed by atoms with Crippen LogP contribution in [-0.4, -0.2) is 43.2 Å². The zero-order chi connectivity index (χ0) is 20.4. The van der Waals surface area contributed by atoms with Crippen LogP contribution in [0.3, 0.4) is 0 Å². The number of nitrogen functional groups attached to an aromatic ring is 1. The summed E-state index contributed by atoms with van der Waals surface area (Å²) >= 11 is 6.16. The van der Waals surface area contributed by atoms with Gasteiger partial charge in [-0.25, -0.2) is 0 Å². The van der Waals surface area contributed by atoms with Crippen molar-refractivity contribution in [2.24, 2.45) is 17.6 Å². The number of amides is 1. The predicted molar refractivity (Wildman–Crippen MR) is 115 cm³/mol. The minimum absolute atomic E-state index is 0.0844. The molecular weight excluding hydrogens is 390 g/mol. The smallest absolute Gasteiger partial charge is 0.252 e. The van der Waals surface area contributed by atoms with E-state index in [-0.39, 0.29) is 16.7 Å². The number of nitrogens with two attached hydrogens (primary N) is 2. The third-order valence-corrected chi connectivity index (χ3v) is 7.04. The lowest BCUT2D eigenvalue weighted by atomic mass is 9.87. The number of nitrogens with zero attached hydrogens (tertiary/aromatic N) is 1. The van der Waals surface area contributed by atoms with Crippen molar-refractivity contribution in [3.63, 3.8) is 0 Å². The second-order valence-corrected chi connectivity index (χ2v) is 9.28. The summed E-state index contributed by atoms with van der Waals surface area (Å²) in [7, 11) is 0. The first-order valence-corrected chi connectivity index (χ1v) is 11.3. The molecule has 3 aliphatic rings. The van der Waals surface area contributed by atoms with Crippen LogP contribution < -0.4 is 20.9 Å². The van der Waals surface area contributed by atoms with Crippen molar-refractivity contribution in [2.75, 3.05) is 32.0 Å². The zero-order valence-corrected chi connectivity index (χ0v) is 17.8. The number of fused-ring (bicyclic) bond motifs is 1. The number of halogens is 1. The molecule has 4 N–H and O–H groups in total. The molecule has 7 heteroatoms. The number of hydrogen-bond donors (Lipinski definition) is 2. The van der Waals surface area contributed by atoms with E-state index in [0.29, 0.717) is 29.7 Å². The van der Waals surface area contributed by atoms with E-state index in [4.69, 9.17) is 32.5 Å². The molecule has 1 unspecified atom stereocenters. The van der Waals surface area contributed by atoms with Crippen LogP contribution in [0.1, 0.15) is 61.7 Å². The largest absolute Gasteiger partial charge is 0.485 e. The van der Waals surface area contributed by atoms with Crippen LogP contribution in [0.4, 0.5) is 5.69 Å². The van der Waals surface area contributed by atoms with Crippen molar-refractivity contribution in [1.29, 1.82) is 0 Å². The maximum absolute atomic E-state index is 11.7. The van der Waals surface area contributed by atoms with Crippen LogP contribution in [-0.2, 0) is 0 Å². The number of likely N-dealkylation sites (tertiary alicyclic amines) is 1. The van der Waals surface area contributed by atoms with Gasteiger partial charge in [0, 0.05) is 6.54 Å². The molecule has 0 spiro atoms. The molecule has 1 saturated heterocycles. The van der Waals surface area contributed by atoms with E-state index in [9.17, 15) is 4.79 Å². The number of ether oxygens (including phenoxy) is 2. The standard InChI is InChI=1S/C22H32ClN3O3/c23-18-11-17(22(25)27)20-21(19(18)24)29-16(13-28-20)10-14-6-8-26(9-7-14)12-15-4-2-1-3-5-15/h11,14-16H,1-10,12-13,24H2,(H2,25,27). The molecule has 1 saturated carbocycles. The highest BCUT2D eigenvalue weighted by atomic mass is 35.5. The van der Waals surface area contributed by atoms with Crippen LogP contribution in [0.5, 0.6) is 11.5 Å². The minimum atomic E-state index is -0.601. The Kier molecular flexibility index (Phi) is 6.40. The highest BCUT2D eigenvalue weighted by molar-refractivity contribution is 6.34. The van der Waals surface area contributed by atoms with E-state index in [1.54, 1.807) is 0 Å². The van der Waals surface area contributed by atoms with Gasteiger partial charge in [-0.3, -0.25) is 4.79 Å². The Balaban J connectivity index is 1.31. The van der Waals surface area contributed by atoms with Gasteiger partial charge < -0.3 is 25.8 Å². The highest BCUT2D eigenvalue weighted by Gasteiger charge is 2.32. The molecule has 2 aliphatic heterocycles. The molecule has 2 heterocycles. The maximum Gasteiger partial charge on any atom is 0.252 e.